The van der Waals surface area contributed by atoms with Gasteiger partial charge in [0.05, 0.1) is 0 Å². The van der Waals surface area contributed by atoms with Gasteiger partial charge in [0.2, 0.25) is 0 Å². The van der Waals surface area contributed by atoms with Gasteiger partial charge < -0.3 is 0 Å². The minimum atomic E-state index is -5.47. The van der Waals surface area contributed by atoms with Gasteiger partial charge in [-0.25, -0.2) is 0 Å². The minimum absolute atomic E-state index is 0.264. The van der Waals surface area contributed by atoms with Gasteiger partial charge in [0, 0.05) is 0 Å². The van der Waals surface area contributed by atoms with E-state index < -0.39 is 24.5 Å². The molecular weight excluding hydrogens is 325 g/mol. The molecule has 0 atom stereocenters. The van der Waals surface area contributed by atoms with Crippen molar-refractivity contribution in [3.8, 4) is 0 Å². The quantitative estimate of drug-likeness (QED) is 0.282. The van der Waals surface area contributed by atoms with Crippen molar-refractivity contribution in [2.24, 2.45) is 0 Å². The van der Waals surface area contributed by atoms with Gasteiger partial charge in [-0.3, -0.25) is 0 Å². The van der Waals surface area contributed by atoms with E-state index in [0.717, 1.165) is 0 Å². The summed E-state index contributed by atoms with van der Waals surface area (Å²) < 4.78 is 81.4. The third-order valence-electron chi connectivity index (χ3n) is 3.99. The molecule has 0 aliphatic rings. The summed E-state index contributed by atoms with van der Waals surface area (Å²) in [6, 6.07) is 0. The van der Waals surface area contributed by atoms with Crippen molar-refractivity contribution < 1.29 is 26.1 Å². The number of allylic oxidation sites excluding steroid dienone is 1. The second-order valence-electron chi connectivity index (χ2n) is 5.92. The van der Waals surface area contributed by atoms with Gasteiger partial charge in [0.1, 0.15) is 0 Å². The molecule has 0 heterocycles. The van der Waals surface area contributed by atoms with Crippen molar-refractivity contribution in [3.05, 3.63) is 11.4 Å². The van der Waals surface area contributed by atoms with Crippen molar-refractivity contribution in [3.63, 3.8) is 0 Å². The number of hydrogen-bond donors (Lipinski definition) is 0. The molecule has 0 saturated heterocycles. The van der Waals surface area contributed by atoms with E-state index in [2.05, 4.69) is 0 Å². The van der Waals surface area contributed by atoms with E-state index >= 15 is 4.20 Å². The van der Waals surface area contributed by atoms with Crippen molar-refractivity contribution in [2.75, 3.05) is 18.5 Å². The van der Waals surface area contributed by atoms with Crippen LogP contribution in [0.4, 0.5) is 26.1 Å². The molecule has 0 unspecified atom stereocenters. The summed E-state index contributed by atoms with van der Waals surface area (Å²) in [6.07, 6.45) is -3.97. The molecule has 0 fully saturated rings. The SMILES string of the molecule is CCCCP(F)(CCCC)(CCCC)/C(F)=C(\F)C(F)(F)F. The number of halogens is 6. The zero-order valence-corrected chi connectivity index (χ0v) is 14.5. The van der Waals surface area contributed by atoms with Gasteiger partial charge in [0.25, 0.3) is 0 Å². The van der Waals surface area contributed by atoms with Crippen LogP contribution in [0.15, 0.2) is 11.4 Å². The third kappa shape index (κ3) is 5.43. The Hall–Kier alpha value is -0.250. The van der Waals surface area contributed by atoms with Crippen LogP contribution in [0.2, 0.25) is 0 Å². The number of rotatable bonds is 10. The van der Waals surface area contributed by atoms with Gasteiger partial charge in [-0.15, -0.1) is 0 Å². The maximum absolute atomic E-state index is 15.9. The second-order valence-corrected chi connectivity index (χ2v) is 10.8. The molecular formula is C15H27F6P. The molecule has 0 bridgehead atoms. The van der Waals surface area contributed by atoms with E-state index in [9.17, 15) is 22.0 Å². The Morgan fingerprint density at radius 2 is 1.09 bits per heavy atom. The number of alkyl halides is 3. The van der Waals surface area contributed by atoms with Crippen molar-refractivity contribution in [2.45, 2.75) is 65.5 Å². The van der Waals surface area contributed by atoms with Crippen LogP contribution in [0.25, 0.3) is 0 Å². The molecule has 0 nitrogen and oxygen atoms in total. The number of unbranched alkanes of at least 4 members (excludes halogenated alkanes) is 3. The molecule has 0 radical (unpaired) electrons. The van der Waals surface area contributed by atoms with E-state index in [1.54, 1.807) is 20.8 Å². The van der Waals surface area contributed by atoms with Crippen LogP contribution in [0, 0.1) is 0 Å². The fraction of sp³-hybridized carbons (Fsp3) is 0.867. The van der Waals surface area contributed by atoms with Gasteiger partial charge in [-0.2, -0.15) is 0 Å². The molecule has 0 aromatic heterocycles. The van der Waals surface area contributed by atoms with Crippen LogP contribution in [0.1, 0.15) is 59.3 Å². The summed E-state index contributed by atoms with van der Waals surface area (Å²) in [4.78, 5) is 0. The predicted molar refractivity (Wildman–Crippen MR) is 82.7 cm³/mol. The Balaban J connectivity index is 5.99. The first-order valence-electron chi connectivity index (χ1n) is 7.91. The van der Waals surface area contributed by atoms with Crippen LogP contribution in [-0.4, -0.2) is 24.7 Å². The first-order chi connectivity index (χ1) is 10.1. The monoisotopic (exact) mass is 352 g/mol. The second kappa shape index (κ2) is 8.56. The molecule has 0 spiro atoms. The fourth-order valence-electron chi connectivity index (χ4n) is 2.55. The normalized spacial score (nSPS) is 16.1. The maximum atomic E-state index is 15.9. The Bertz CT molecular complexity index is 350. The number of hydrogen-bond acceptors (Lipinski definition) is 0. The van der Waals surface area contributed by atoms with Crippen LogP contribution >= 0.6 is 6.91 Å². The molecule has 22 heavy (non-hydrogen) atoms. The third-order valence-corrected chi connectivity index (χ3v) is 9.19. The molecule has 134 valence electrons. The topological polar surface area (TPSA) is 0 Å². The zero-order chi connectivity index (χ0) is 17.5. The van der Waals surface area contributed by atoms with Gasteiger partial charge in [-0.1, -0.05) is 0 Å². The van der Waals surface area contributed by atoms with Crippen molar-refractivity contribution >= 4 is 6.91 Å². The Labute approximate surface area is 129 Å². The van der Waals surface area contributed by atoms with Gasteiger partial charge in [0.15, 0.2) is 0 Å². The van der Waals surface area contributed by atoms with Crippen molar-refractivity contribution in [1.82, 2.24) is 0 Å². The molecule has 7 heteroatoms. The van der Waals surface area contributed by atoms with E-state index in [4.69, 9.17) is 0 Å². The summed E-state index contributed by atoms with van der Waals surface area (Å²) in [5.41, 5.74) is -2.13. The molecule has 0 N–H and O–H groups in total. The molecule has 0 aliphatic carbocycles. The summed E-state index contributed by atoms with van der Waals surface area (Å²) in [7, 11) is 0. The van der Waals surface area contributed by atoms with Crippen LogP contribution in [0.3, 0.4) is 0 Å². The van der Waals surface area contributed by atoms with Crippen molar-refractivity contribution in [1.29, 1.82) is 0 Å². The average molecular weight is 352 g/mol. The van der Waals surface area contributed by atoms with Gasteiger partial charge >= 0.3 is 128 Å². The van der Waals surface area contributed by atoms with E-state index in [-0.39, 0.29) is 37.7 Å². The standard InChI is InChI=1S/C15H27F6P/c1-4-7-10-22(21,11-8-5-2,12-9-6-3)14(17)13(16)15(18,19)20/h4-12H2,1-3H3/b14-13-. The summed E-state index contributed by atoms with van der Waals surface area (Å²) >= 11 is 0. The molecule has 0 rings (SSSR count). The molecule has 0 aliphatic heterocycles. The zero-order valence-electron chi connectivity index (χ0n) is 13.6. The Kier molecular flexibility index (Phi) is 8.46. The first kappa shape index (κ1) is 21.8. The van der Waals surface area contributed by atoms with Crippen LogP contribution in [0.5, 0.6) is 0 Å². The average Bonchev–Trinajstić information content (AvgIpc) is 2.47. The Morgan fingerprint density at radius 3 is 1.32 bits per heavy atom. The summed E-state index contributed by atoms with van der Waals surface area (Å²) in [5.74, 6) is -2.86. The first-order valence-corrected chi connectivity index (χ1v) is 10.6. The van der Waals surface area contributed by atoms with E-state index in [0.29, 0.717) is 19.3 Å². The van der Waals surface area contributed by atoms with Gasteiger partial charge in [-0.05, 0) is 0 Å². The molecule has 0 saturated carbocycles. The predicted octanol–water partition coefficient (Wildman–Crippen LogP) is 7.49. The molecule has 0 amide bonds. The van der Waals surface area contributed by atoms with E-state index in [1.807, 2.05) is 0 Å². The van der Waals surface area contributed by atoms with E-state index in [1.165, 1.54) is 0 Å². The summed E-state index contributed by atoms with van der Waals surface area (Å²) in [6.45, 7) is 0.247. The molecule has 0 aromatic carbocycles. The fourth-order valence-corrected chi connectivity index (χ4v) is 7.55. The molecule has 0 aromatic rings. The van der Waals surface area contributed by atoms with Crippen LogP contribution in [-0.2, 0) is 0 Å². The van der Waals surface area contributed by atoms with Crippen LogP contribution < -0.4 is 0 Å². The summed E-state index contributed by atoms with van der Waals surface area (Å²) in [5, 5.41) is 0. The Morgan fingerprint density at radius 1 is 0.773 bits per heavy atom.